The molecule has 2 amide bonds. The van der Waals surface area contributed by atoms with Gasteiger partial charge in [-0.15, -0.1) is 0 Å². The number of ether oxygens (including phenoxy) is 2. The SMILES string of the molecule is O=C(CN1C(=O)COc2ccc([N+](=O)[O-])cc21)NCc1ccccc1COCc1ccccc1. The first-order valence-corrected chi connectivity index (χ1v) is 10.7. The zero-order chi connectivity index (χ0) is 23.9. The number of nitrogens with zero attached hydrogens (tertiary/aromatic N) is 2. The summed E-state index contributed by atoms with van der Waals surface area (Å²) in [5.74, 6) is -0.524. The minimum atomic E-state index is -0.561. The van der Waals surface area contributed by atoms with Crippen molar-refractivity contribution in [3.05, 3.63) is 99.6 Å². The number of hydrogen-bond acceptors (Lipinski definition) is 6. The smallest absolute Gasteiger partial charge is 0.271 e. The van der Waals surface area contributed by atoms with Crippen LogP contribution in [0.4, 0.5) is 11.4 Å². The number of fused-ring (bicyclic) bond motifs is 1. The quantitative estimate of drug-likeness (QED) is 0.386. The largest absolute Gasteiger partial charge is 0.482 e. The molecule has 0 bridgehead atoms. The second-order valence-corrected chi connectivity index (χ2v) is 7.70. The lowest BCUT2D eigenvalue weighted by Gasteiger charge is -2.28. The molecule has 3 aromatic carbocycles. The molecule has 4 rings (SSSR count). The standard InChI is InChI=1S/C25H23N3O6/c29-24(14-27-22-12-21(28(31)32)10-11-23(22)34-17-25(27)30)26-13-19-8-4-5-9-20(19)16-33-15-18-6-2-1-3-7-18/h1-12H,13-17H2,(H,26,29). The molecule has 0 aliphatic carbocycles. The Morgan fingerprint density at radius 2 is 1.76 bits per heavy atom. The Labute approximate surface area is 196 Å². The van der Waals surface area contributed by atoms with E-state index in [2.05, 4.69) is 5.32 Å². The van der Waals surface area contributed by atoms with Crippen molar-refractivity contribution in [2.45, 2.75) is 19.8 Å². The third-order valence-corrected chi connectivity index (χ3v) is 5.36. The third kappa shape index (κ3) is 5.57. The number of nitro benzene ring substituents is 1. The summed E-state index contributed by atoms with van der Waals surface area (Å²) in [5, 5.41) is 13.9. The predicted octanol–water partition coefficient (Wildman–Crippen LogP) is 3.35. The maximum absolute atomic E-state index is 12.7. The van der Waals surface area contributed by atoms with E-state index in [-0.39, 0.29) is 31.1 Å². The van der Waals surface area contributed by atoms with Gasteiger partial charge in [-0.1, -0.05) is 54.6 Å². The Balaban J connectivity index is 1.37. The number of hydrogen-bond donors (Lipinski definition) is 1. The number of anilines is 1. The van der Waals surface area contributed by atoms with Crippen LogP contribution in [0.25, 0.3) is 0 Å². The second kappa shape index (κ2) is 10.6. The van der Waals surface area contributed by atoms with Gasteiger partial charge in [0.15, 0.2) is 6.61 Å². The minimum Gasteiger partial charge on any atom is -0.482 e. The molecule has 34 heavy (non-hydrogen) atoms. The summed E-state index contributed by atoms with van der Waals surface area (Å²) in [6.45, 7) is 0.610. The Hall–Kier alpha value is -4.24. The van der Waals surface area contributed by atoms with Gasteiger partial charge in [-0.25, -0.2) is 0 Å². The van der Waals surface area contributed by atoms with Crippen LogP contribution < -0.4 is 15.0 Å². The highest BCUT2D eigenvalue weighted by Gasteiger charge is 2.29. The number of benzene rings is 3. The molecule has 9 nitrogen and oxygen atoms in total. The summed E-state index contributed by atoms with van der Waals surface area (Å²) in [5.41, 5.74) is 2.93. The average Bonchev–Trinajstić information content (AvgIpc) is 2.85. The van der Waals surface area contributed by atoms with Crippen LogP contribution in [-0.4, -0.2) is 29.9 Å². The van der Waals surface area contributed by atoms with E-state index in [0.717, 1.165) is 16.7 Å². The summed E-state index contributed by atoms with van der Waals surface area (Å²) >= 11 is 0. The van der Waals surface area contributed by atoms with E-state index >= 15 is 0 Å². The van der Waals surface area contributed by atoms with Gasteiger partial charge in [0.1, 0.15) is 12.3 Å². The number of carbonyl (C=O) groups excluding carboxylic acids is 2. The number of amides is 2. The van der Waals surface area contributed by atoms with Gasteiger partial charge in [-0.05, 0) is 22.8 Å². The number of carbonyl (C=O) groups is 2. The summed E-state index contributed by atoms with van der Waals surface area (Å²) in [6, 6.07) is 21.4. The zero-order valence-electron chi connectivity index (χ0n) is 18.3. The molecule has 9 heteroatoms. The molecular weight excluding hydrogens is 438 g/mol. The lowest BCUT2D eigenvalue weighted by atomic mass is 10.1. The Morgan fingerprint density at radius 1 is 1.03 bits per heavy atom. The summed E-state index contributed by atoms with van der Waals surface area (Å²) in [4.78, 5) is 36.8. The zero-order valence-corrected chi connectivity index (χ0v) is 18.3. The molecule has 0 unspecified atom stereocenters. The molecule has 1 N–H and O–H groups in total. The summed E-state index contributed by atoms with van der Waals surface area (Å²) in [6.07, 6.45) is 0. The van der Waals surface area contributed by atoms with Crippen LogP contribution in [0.1, 0.15) is 16.7 Å². The Morgan fingerprint density at radius 3 is 2.53 bits per heavy atom. The fourth-order valence-corrected chi connectivity index (χ4v) is 3.59. The van der Waals surface area contributed by atoms with E-state index in [9.17, 15) is 19.7 Å². The van der Waals surface area contributed by atoms with Gasteiger partial charge >= 0.3 is 0 Å². The number of rotatable bonds is 9. The van der Waals surface area contributed by atoms with Crippen molar-refractivity contribution in [2.24, 2.45) is 0 Å². The number of nitro groups is 1. The van der Waals surface area contributed by atoms with E-state index < -0.39 is 16.7 Å². The van der Waals surface area contributed by atoms with Crippen LogP contribution in [0.15, 0.2) is 72.8 Å². The van der Waals surface area contributed by atoms with Gasteiger partial charge in [0, 0.05) is 18.7 Å². The molecule has 1 aliphatic rings. The maximum Gasteiger partial charge on any atom is 0.271 e. The first kappa shape index (κ1) is 22.9. The van der Waals surface area contributed by atoms with Crippen LogP contribution in [0, 0.1) is 10.1 Å². The number of nitrogens with one attached hydrogen (secondary N) is 1. The fraction of sp³-hybridized carbons (Fsp3) is 0.200. The molecule has 0 spiro atoms. The third-order valence-electron chi connectivity index (χ3n) is 5.36. The average molecular weight is 461 g/mol. The minimum absolute atomic E-state index is 0.188. The highest BCUT2D eigenvalue weighted by molar-refractivity contribution is 6.02. The van der Waals surface area contributed by atoms with Crippen LogP contribution in [0.3, 0.4) is 0 Å². The Bertz CT molecular complexity index is 1200. The number of non-ortho nitro benzene ring substituents is 1. The van der Waals surface area contributed by atoms with Gasteiger partial charge in [0.05, 0.1) is 23.8 Å². The summed E-state index contributed by atoms with van der Waals surface area (Å²) < 4.78 is 11.2. The second-order valence-electron chi connectivity index (χ2n) is 7.70. The highest BCUT2D eigenvalue weighted by atomic mass is 16.6. The molecule has 0 saturated carbocycles. The highest BCUT2D eigenvalue weighted by Crippen LogP contribution is 2.35. The van der Waals surface area contributed by atoms with Crippen molar-refractivity contribution in [3.8, 4) is 5.75 Å². The van der Waals surface area contributed by atoms with Crippen LogP contribution in [0.5, 0.6) is 5.75 Å². The van der Waals surface area contributed by atoms with Crippen molar-refractivity contribution in [1.82, 2.24) is 5.32 Å². The lowest BCUT2D eigenvalue weighted by Crippen LogP contribution is -2.45. The monoisotopic (exact) mass is 461 g/mol. The van der Waals surface area contributed by atoms with Gasteiger partial charge in [0.2, 0.25) is 5.91 Å². The first-order valence-electron chi connectivity index (χ1n) is 10.7. The van der Waals surface area contributed by atoms with Crippen LogP contribution >= 0.6 is 0 Å². The van der Waals surface area contributed by atoms with E-state index in [1.165, 1.54) is 23.1 Å². The van der Waals surface area contributed by atoms with E-state index in [1.54, 1.807) is 0 Å². The van der Waals surface area contributed by atoms with E-state index in [1.807, 2.05) is 54.6 Å². The molecule has 1 aliphatic heterocycles. The lowest BCUT2D eigenvalue weighted by molar-refractivity contribution is -0.384. The van der Waals surface area contributed by atoms with Gasteiger partial charge in [0.25, 0.3) is 11.6 Å². The normalized spacial score (nSPS) is 12.6. The molecule has 3 aromatic rings. The van der Waals surface area contributed by atoms with Crippen molar-refractivity contribution in [1.29, 1.82) is 0 Å². The van der Waals surface area contributed by atoms with Gasteiger partial charge < -0.3 is 14.8 Å². The maximum atomic E-state index is 12.7. The fourth-order valence-electron chi connectivity index (χ4n) is 3.59. The molecule has 0 aromatic heterocycles. The van der Waals surface area contributed by atoms with Gasteiger partial charge in [-0.2, -0.15) is 0 Å². The van der Waals surface area contributed by atoms with Crippen molar-refractivity contribution >= 4 is 23.2 Å². The Kier molecular flexibility index (Phi) is 7.14. The van der Waals surface area contributed by atoms with Crippen molar-refractivity contribution in [3.63, 3.8) is 0 Å². The van der Waals surface area contributed by atoms with Crippen LogP contribution in [-0.2, 0) is 34.1 Å². The molecule has 0 atom stereocenters. The molecule has 174 valence electrons. The molecular formula is C25H23N3O6. The van der Waals surface area contributed by atoms with Crippen molar-refractivity contribution in [2.75, 3.05) is 18.1 Å². The predicted molar refractivity (Wildman–Crippen MR) is 124 cm³/mol. The summed E-state index contributed by atoms with van der Waals surface area (Å²) in [7, 11) is 0. The van der Waals surface area contributed by atoms with E-state index in [0.29, 0.717) is 19.0 Å². The van der Waals surface area contributed by atoms with Gasteiger partial charge in [-0.3, -0.25) is 24.6 Å². The van der Waals surface area contributed by atoms with E-state index in [4.69, 9.17) is 9.47 Å². The van der Waals surface area contributed by atoms with Crippen molar-refractivity contribution < 1.29 is 24.0 Å². The molecule has 0 saturated heterocycles. The first-order chi connectivity index (χ1) is 16.5. The molecule has 0 radical (unpaired) electrons. The topological polar surface area (TPSA) is 111 Å². The molecule has 0 fully saturated rings. The van der Waals surface area contributed by atoms with Crippen LogP contribution in [0.2, 0.25) is 0 Å². The molecule has 1 heterocycles.